The summed E-state index contributed by atoms with van der Waals surface area (Å²) in [6.45, 7) is 0. The van der Waals surface area contributed by atoms with Crippen molar-refractivity contribution < 1.29 is 29.2 Å². The third kappa shape index (κ3) is 8.67. The van der Waals surface area contributed by atoms with Crippen LogP contribution in [-0.4, -0.2) is 79.7 Å². The molecule has 4 spiro atoms. The SMILES string of the molecule is COC1CCC2(CC1)Cc1ccc(-c3cc(Cl)cc(Cl)c3)cc1C21N=C(N)N(C)O1.COC1CCC2(CC1)Cc1ccc(Br)cc1C21N=C(N)N(C)O1.OB(O)c1cc(Cl)cc(Cl)c1. The highest BCUT2D eigenvalue weighted by Gasteiger charge is 2.64. The molecule has 0 bridgehead atoms. The van der Waals surface area contributed by atoms with Crippen LogP contribution in [0.15, 0.2) is 87.3 Å². The molecule has 0 amide bonds. The van der Waals surface area contributed by atoms with E-state index >= 15 is 0 Å². The monoisotopic (exact) mass is 1010 g/mol. The molecule has 2 heterocycles. The number of aliphatic imine (C=N–C) groups is 2. The lowest BCUT2D eigenvalue weighted by molar-refractivity contribution is -0.232. The standard InChI is InChI=1S/C23H25Cl2N3O2.C17H22BrN3O2.C6H5BCl2O2/c1-28-21(26)27-23(30-28)20-11-14(16-9-17(24)12-18(25)10-16)3-4-15(20)13-22(23)7-5-19(29-2)6-8-22;1-21-15(19)20-17(23-21)14-9-12(18)4-3-11(14)10-16(17)7-5-13(22-2)6-8-16;8-5-1-4(7(10)11)2-6(9)3-5/h3-4,9-12,19H,5-8,13H2,1-2H3,(H2,26,27);3-4,9,13H,5-8,10H2,1-2H3,(H2,19,20);1-3,10-11H. The van der Waals surface area contributed by atoms with Gasteiger partial charge in [-0.05, 0) is 147 Å². The Morgan fingerprint density at radius 1 is 0.641 bits per heavy atom. The second kappa shape index (κ2) is 18.5. The average Bonchev–Trinajstić information content (AvgIpc) is 3.91. The molecule has 2 saturated carbocycles. The molecular weight excluding hydrogens is 965 g/mol. The Morgan fingerprint density at radius 2 is 1.06 bits per heavy atom. The van der Waals surface area contributed by atoms with E-state index in [-0.39, 0.29) is 10.8 Å². The van der Waals surface area contributed by atoms with Gasteiger partial charge in [-0.2, -0.15) is 0 Å². The van der Waals surface area contributed by atoms with E-state index in [1.165, 1.54) is 29.3 Å². The zero-order valence-corrected chi connectivity index (χ0v) is 40.7. The third-order valence-corrected chi connectivity index (χ3v) is 15.3. The number of ether oxygens (including phenoxy) is 2. The quantitative estimate of drug-likeness (QED) is 0.146. The third-order valence-electron chi connectivity index (χ3n) is 14.0. The molecule has 4 aromatic carbocycles. The average molecular weight is 1020 g/mol. The van der Waals surface area contributed by atoms with Gasteiger partial charge in [-0.3, -0.25) is 0 Å². The van der Waals surface area contributed by atoms with Gasteiger partial charge in [-0.15, -0.1) is 0 Å². The van der Waals surface area contributed by atoms with Crippen LogP contribution in [0.4, 0.5) is 0 Å². The summed E-state index contributed by atoms with van der Waals surface area (Å²) in [7, 11) is 5.72. The molecule has 2 aliphatic heterocycles. The number of methoxy groups -OCH3 is 2. The molecule has 6 N–H and O–H groups in total. The smallest absolute Gasteiger partial charge is 0.423 e. The predicted molar refractivity (Wildman–Crippen MR) is 257 cm³/mol. The van der Waals surface area contributed by atoms with E-state index < -0.39 is 18.6 Å². The lowest BCUT2D eigenvalue weighted by atomic mass is 9.66. The van der Waals surface area contributed by atoms with Crippen LogP contribution in [0.25, 0.3) is 11.1 Å². The number of hydrogen-bond donors (Lipinski definition) is 4. The first-order valence-corrected chi connectivity index (χ1v) is 23.6. The van der Waals surface area contributed by atoms with Crippen LogP contribution in [0.5, 0.6) is 0 Å². The number of benzene rings is 4. The maximum absolute atomic E-state index is 8.71. The van der Waals surface area contributed by atoms with Crippen LogP contribution >= 0.6 is 62.3 Å². The number of rotatable bonds is 4. The number of nitrogens with zero attached hydrogens (tertiary/aromatic N) is 4. The van der Waals surface area contributed by atoms with Crippen LogP contribution in [0.3, 0.4) is 0 Å². The van der Waals surface area contributed by atoms with Gasteiger partial charge >= 0.3 is 7.12 Å². The molecule has 4 aromatic rings. The van der Waals surface area contributed by atoms with Crippen molar-refractivity contribution in [3.63, 3.8) is 0 Å². The topological polar surface area (TPSA) is 161 Å². The highest BCUT2D eigenvalue weighted by molar-refractivity contribution is 9.10. The van der Waals surface area contributed by atoms with E-state index in [0.717, 1.165) is 90.9 Å². The Labute approximate surface area is 403 Å². The van der Waals surface area contributed by atoms with Gasteiger partial charge in [0.2, 0.25) is 23.4 Å². The Balaban J connectivity index is 0.000000145. The fourth-order valence-corrected chi connectivity index (χ4v) is 12.1. The summed E-state index contributed by atoms with van der Waals surface area (Å²) < 4.78 is 12.2. The molecule has 340 valence electrons. The highest BCUT2D eigenvalue weighted by atomic mass is 79.9. The van der Waals surface area contributed by atoms with E-state index in [1.807, 2.05) is 26.2 Å². The summed E-state index contributed by atoms with van der Waals surface area (Å²) in [6.07, 6.45) is 10.6. The minimum absolute atomic E-state index is 0.0411. The van der Waals surface area contributed by atoms with Crippen molar-refractivity contribution >= 4 is 86.8 Å². The zero-order valence-electron chi connectivity index (χ0n) is 36.1. The molecule has 0 saturated heterocycles. The summed E-state index contributed by atoms with van der Waals surface area (Å²) >= 11 is 27.3. The minimum Gasteiger partial charge on any atom is -0.423 e. The Bertz CT molecular complexity index is 2430. The lowest BCUT2D eigenvalue weighted by Gasteiger charge is -2.45. The second-order valence-electron chi connectivity index (χ2n) is 17.6. The molecule has 18 heteroatoms. The van der Waals surface area contributed by atoms with Crippen LogP contribution in [0.2, 0.25) is 20.1 Å². The maximum atomic E-state index is 8.71. The molecule has 10 rings (SSSR count). The molecule has 2 unspecified atom stereocenters. The largest absolute Gasteiger partial charge is 0.488 e. The minimum atomic E-state index is -1.52. The van der Waals surface area contributed by atoms with Crippen LogP contribution < -0.4 is 16.9 Å². The van der Waals surface area contributed by atoms with Gasteiger partial charge in [0.25, 0.3) is 0 Å². The van der Waals surface area contributed by atoms with E-state index in [9.17, 15) is 0 Å². The van der Waals surface area contributed by atoms with Gasteiger partial charge in [0, 0.05) is 74.8 Å². The second-order valence-corrected chi connectivity index (χ2v) is 20.3. The summed E-state index contributed by atoms with van der Waals surface area (Å²) in [5, 5.41) is 22.6. The van der Waals surface area contributed by atoms with E-state index in [1.54, 1.807) is 30.4 Å². The van der Waals surface area contributed by atoms with Crippen LogP contribution in [-0.2, 0) is 43.4 Å². The Hall–Kier alpha value is -3.12. The first-order chi connectivity index (χ1) is 30.4. The molecule has 0 radical (unpaired) electrons. The predicted octanol–water partition coefficient (Wildman–Crippen LogP) is 8.73. The fraction of sp³-hybridized carbons (Fsp3) is 0.435. The Morgan fingerprint density at radius 3 is 1.47 bits per heavy atom. The molecule has 12 nitrogen and oxygen atoms in total. The van der Waals surface area contributed by atoms with Crippen molar-refractivity contribution in [3.05, 3.63) is 120 Å². The van der Waals surface area contributed by atoms with E-state index in [4.69, 9.17) is 97.1 Å². The van der Waals surface area contributed by atoms with Crippen molar-refractivity contribution in [1.29, 1.82) is 0 Å². The van der Waals surface area contributed by atoms with Crippen LogP contribution in [0.1, 0.15) is 73.6 Å². The molecule has 2 fully saturated rings. The zero-order chi connectivity index (χ0) is 45.8. The molecule has 6 aliphatic rings. The molecule has 0 aromatic heterocycles. The summed E-state index contributed by atoms with van der Waals surface area (Å²) in [4.78, 5) is 22.6. The lowest BCUT2D eigenvalue weighted by Crippen LogP contribution is -2.46. The van der Waals surface area contributed by atoms with Gasteiger partial charge < -0.3 is 31.0 Å². The van der Waals surface area contributed by atoms with Gasteiger partial charge in [0.05, 0.1) is 12.2 Å². The van der Waals surface area contributed by atoms with Gasteiger partial charge in [-0.25, -0.2) is 29.8 Å². The Kier molecular flexibility index (Phi) is 13.7. The normalized spacial score (nSPS) is 28.7. The summed E-state index contributed by atoms with van der Waals surface area (Å²) in [5.74, 6) is 0.860. The van der Waals surface area contributed by atoms with Gasteiger partial charge in [0.15, 0.2) is 0 Å². The fourth-order valence-electron chi connectivity index (χ4n) is 10.7. The highest BCUT2D eigenvalue weighted by Crippen LogP contribution is 2.63. The van der Waals surface area contributed by atoms with Crippen molar-refractivity contribution in [3.8, 4) is 11.1 Å². The van der Waals surface area contributed by atoms with E-state index in [2.05, 4.69) is 52.3 Å². The first-order valence-electron chi connectivity index (χ1n) is 21.3. The van der Waals surface area contributed by atoms with Crippen molar-refractivity contribution in [2.75, 3.05) is 28.3 Å². The maximum Gasteiger partial charge on any atom is 0.488 e. The number of nitrogens with two attached hydrogens (primary N) is 2. The van der Waals surface area contributed by atoms with Crippen LogP contribution in [0, 0.1) is 10.8 Å². The molecule has 64 heavy (non-hydrogen) atoms. The summed E-state index contributed by atoms with van der Waals surface area (Å²) in [6, 6.07) is 22.9. The van der Waals surface area contributed by atoms with Crippen molar-refractivity contribution in [2.24, 2.45) is 32.3 Å². The number of guanidine groups is 2. The molecule has 2 atom stereocenters. The van der Waals surface area contributed by atoms with Crippen molar-refractivity contribution in [2.45, 2.75) is 87.9 Å². The van der Waals surface area contributed by atoms with E-state index in [0.29, 0.717) is 49.7 Å². The molecular formula is C46H52BBrCl4N6O6. The van der Waals surface area contributed by atoms with Crippen molar-refractivity contribution in [1.82, 2.24) is 10.1 Å². The van der Waals surface area contributed by atoms with Gasteiger partial charge in [-0.1, -0.05) is 80.5 Å². The number of hydroxylamine groups is 4. The summed E-state index contributed by atoms with van der Waals surface area (Å²) in [5.41, 5.74) is 17.7. The number of fused-ring (bicyclic) bond motifs is 6. The first kappa shape index (κ1) is 47.4. The van der Waals surface area contributed by atoms with Gasteiger partial charge in [0.1, 0.15) is 0 Å². The number of halogens is 5. The molecule has 4 aliphatic carbocycles. The number of hydrogen-bond acceptors (Lipinski definition) is 12.